The van der Waals surface area contributed by atoms with E-state index in [0.29, 0.717) is 5.75 Å². The monoisotopic (exact) mass is 630 g/mol. The zero-order chi connectivity index (χ0) is 33.0. The van der Waals surface area contributed by atoms with Gasteiger partial charge in [-0.3, -0.25) is 19.3 Å². The highest BCUT2D eigenvalue weighted by Gasteiger charge is 2.40. The van der Waals surface area contributed by atoms with Gasteiger partial charge in [-0.1, -0.05) is 60.7 Å². The summed E-state index contributed by atoms with van der Waals surface area (Å²) >= 11 is 0. The quantitative estimate of drug-likeness (QED) is 0.135. The number of allylic oxidation sites excluding steroid dienone is 1. The molecule has 0 fully saturated rings. The third-order valence-electron chi connectivity index (χ3n) is 7.63. The molecule has 0 spiro atoms. The first kappa shape index (κ1) is 31.8. The number of anilines is 1. The summed E-state index contributed by atoms with van der Waals surface area (Å²) in [4.78, 5) is 39.0. The summed E-state index contributed by atoms with van der Waals surface area (Å²) in [6.45, 7) is 4.09. The lowest BCUT2D eigenvalue weighted by Gasteiger charge is -2.24. The van der Waals surface area contributed by atoms with Gasteiger partial charge in [-0.05, 0) is 47.9 Å². The second-order valence-corrected chi connectivity index (χ2v) is 10.5. The van der Waals surface area contributed by atoms with Crippen LogP contribution in [0.2, 0.25) is 0 Å². The van der Waals surface area contributed by atoms with E-state index in [0.717, 1.165) is 10.5 Å². The van der Waals surface area contributed by atoms with Crippen molar-refractivity contribution in [2.45, 2.75) is 25.1 Å². The van der Waals surface area contributed by atoms with Crippen molar-refractivity contribution < 1.29 is 42.1 Å². The van der Waals surface area contributed by atoms with Crippen LogP contribution in [0.5, 0.6) is 17.2 Å². The van der Waals surface area contributed by atoms with Gasteiger partial charge < -0.3 is 19.9 Å². The molecule has 1 aliphatic heterocycles. The average Bonchev–Trinajstić information content (AvgIpc) is 3.30. The maximum absolute atomic E-state index is 13.4. The Morgan fingerprint density at radius 1 is 0.978 bits per heavy atom. The van der Waals surface area contributed by atoms with Gasteiger partial charge in [0.05, 0.1) is 29.5 Å². The minimum absolute atomic E-state index is 0.0276. The summed E-state index contributed by atoms with van der Waals surface area (Å²) in [7, 11) is 1.21. The van der Waals surface area contributed by atoms with Crippen LogP contribution in [0.15, 0.2) is 97.6 Å². The highest BCUT2D eigenvalue weighted by Crippen LogP contribution is 2.48. The Morgan fingerprint density at radius 3 is 2.15 bits per heavy atom. The Kier molecular flexibility index (Phi) is 9.13. The van der Waals surface area contributed by atoms with Crippen LogP contribution >= 0.6 is 0 Å². The molecule has 0 bridgehead atoms. The lowest BCUT2D eigenvalue weighted by molar-refractivity contribution is -0.167. The number of ether oxygens (including phenoxy) is 2. The van der Waals surface area contributed by atoms with Crippen LogP contribution in [-0.4, -0.2) is 47.6 Å². The summed E-state index contributed by atoms with van der Waals surface area (Å²) in [6.07, 6.45) is -3.60. The standard InChI is InChI=1S/C35H29F3N2O6/c1-3-22(17-18-40-32(42)25-11-7-8-12-26(25)33(40)43)27-19-28(45-2)30(39-34(44)35(36,37)38)29(31(27)41)23-13-15-24(16-14-23)46-20-21-9-5-4-6-10-21/h3-16,19,22,41H,1,17-18,20H2,2H3,(H,39,44). The van der Waals surface area contributed by atoms with Crippen molar-refractivity contribution in [1.82, 2.24) is 4.90 Å². The molecular formula is C35H29F3N2O6. The summed E-state index contributed by atoms with van der Waals surface area (Å²) in [5.41, 5.74) is 1.43. The Balaban J connectivity index is 1.49. The molecule has 236 valence electrons. The van der Waals surface area contributed by atoms with Crippen LogP contribution in [-0.2, 0) is 11.4 Å². The molecule has 1 atom stereocenters. The van der Waals surface area contributed by atoms with Gasteiger partial charge in [0.15, 0.2) is 0 Å². The number of methoxy groups -OCH3 is 1. The summed E-state index contributed by atoms with van der Waals surface area (Å²) < 4.78 is 51.3. The molecule has 1 unspecified atom stereocenters. The number of nitrogens with zero attached hydrogens (tertiary/aromatic N) is 1. The number of rotatable bonds is 11. The first-order valence-corrected chi connectivity index (χ1v) is 14.2. The number of amides is 3. The summed E-state index contributed by atoms with van der Waals surface area (Å²) in [5, 5.41) is 13.5. The molecule has 2 N–H and O–H groups in total. The van der Waals surface area contributed by atoms with E-state index in [-0.39, 0.29) is 53.1 Å². The number of imide groups is 1. The lowest BCUT2D eigenvalue weighted by atomic mass is 9.89. The van der Waals surface area contributed by atoms with E-state index in [9.17, 15) is 32.7 Å². The van der Waals surface area contributed by atoms with Gasteiger partial charge in [-0.15, -0.1) is 6.58 Å². The van der Waals surface area contributed by atoms with Crippen LogP contribution < -0.4 is 14.8 Å². The summed E-state index contributed by atoms with van der Waals surface area (Å²) in [5.74, 6) is -3.98. The number of phenols is 1. The van der Waals surface area contributed by atoms with Crippen LogP contribution in [0.4, 0.5) is 18.9 Å². The van der Waals surface area contributed by atoms with Crippen molar-refractivity contribution in [1.29, 1.82) is 0 Å². The van der Waals surface area contributed by atoms with Gasteiger partial charge in [0.2, 0.25) is 0 Å². The van der Waals surface area contributed by atoms with Crippen LogP contribution in [0, 0.1) is 0 Å². The number of hydrogen-bond acceptors (Lipinski definition) is 6. The molecule has 46 heavy (non-hydrogen) atoms. The maximum Gasteiger partial charge on any atom is 0.471 e. The van der Waals surface area contributed by atoms with Gasteiger partial charge in [0, 0.05) is 18.0 Å². The number of alkyl halides is 3. The smallest absolute Gasteiger partial charge is 0.471 e. The predicted molar refractivity (Wildman–Crippen MR) is 165 cm³/mol. The lowest BCUT2D eigenvalue weighted by Crippen LogP contribution is -2.31. The molecule has 0 aliphatic carbocycles. The number of fused-ring (bicyclic) bond motifs is 1. The van der Waals surface area contributed by atoms with Crippen LogP contribution in [0.25, 0.3) is 11.1 Å². The van der Waals surface area contributed by atoms with Gasteiger partial charge in [-0.2, -0.15) is 13.2 Å². The Labute approximate surface area is 262 Å². The van der Waals surface area contributed by atoms with E-state index in [1.54, 1.807) is 36.4 Å². The van der Waals surface area contributed by atoms with Crippen molar-refractivity contribution in [2.24, 2.45) is 0 Å². The third kappa shape index (κ3) is 6.44. The first-order valence-electron chi connectivity index (χ1n) is 14.2. The second kappa shape index (κ2) is 13.2. The fourth-order valence-electron chi connectivity index (χ4n) is 5.27. The average molecular weight is 631 g/mol. The van der Waals surface area contributed by atoms with E-state index >= 15 is 0 Å². The van der Waals surface area contributed by atoms with Crippen LogP contribution in [0.1, 0.15) is 44.2 Å². The van der Waals surface area contributed by atoms with Gasteiger partial charge >= 0.3 is 12.1 Å². The topological polar surface area (TPSA) is 105 Å². The van der Waals surface area contributed by atoms with Crippen molar-refractivity contribution in [3.8, 4) is 28.4 Å². The molecule has 1 heterocycles. The molecule has 5 rings (SSSR count). The van der Waals surface area contributed by atoms with E-state index in [1.165, 1.54) is 31.4 Å². The largest absolute Gasteiger partial charge is 0.507 e. The van der Waals surface area contributed by atoms with Crippen molar-refractivity contribution in [2.75, 3.05) is 19.0 Å². The number of nitrogens with one attached hydrogen (secondary N) is 1. The van der Waals surface area contributed by atoms with Gasteiger partial charge in [-0.25, -0.2) is 0 Å². The van der Waals surface area contributed by atoms with E-state index in [4.69, 9.17) is 9.47 Å². The van der Waals surface area contributed by atoms with Crippen molar-refractivity contribution in [3.05, 3.63) is 120 Å². The molecule has 4 aromatic carbocycles. The van der Waals surface area contributed by atoms with Gasteiger partial charge in [0.25, 0.3) is 11.8 Å². The zero-order valence-corrected chi connectivity index (χ0v) is 24.6. The number of benzene rings is 4. The number of carbonyl (C=O) groups is 3. The minimum atomic E-state index is -5.22. The highest BCUT2D eigenvalue weighted by atomic mass is 19.4. The molecule has 11 heteroatoms. The zero-order valence-electron chi connectivity index (χ0n) is 24.6. The maximum atomic E-state index is 13.4. The molecule has 8 nitrogen and oxygen atoms in total. The number of phenolic OH excluding ortho intramolecular Hbond substituents is 1. The molecular weight excluding hydrogens is 601 g/mol. The Morgan fingerprint density at radius 2 is 1.59 bits per heavy atom. The third-order valence-corrected chi connectivity index (χ3v) is 7.63. The fraction of sp³-hybridized carbons (Fsp3) is 0.171. The van der Waals surface area contributed by atoms with E-state index < -0.39 is 41.3 Å². The first-order chi connectivity index (χ1) is 22.0. The molecule has 4 aromatic rings. The van der Waals surface area contributed by atoms with Crippen LogP contribution in [0.3, 0.4) is 0 Å². The number of aromatic hydroxyl groups is 1. The number of halogens is 3. The number of hydrogen-bond donors (Lipinski definition) is 2. The van der Waals surface area contributed by atoms with E-state index in [2.05, 4.69) is 6.58 Å². The normalized spacial score (nSPS) is 13.3. The summed E-state index contributed by atoms with van der Waals surface area (Å²) in [6, 6.07) is 23.4. The second-order valence-electron chi connectivity index (χ2n) is 10.5. The molecule has 0 saturated heterocycles. The molecule has 1 aliphatic rings. The SMILES string of the molecule is C=CC(CCN1C(=O)c2ccccc2C1=O)c1cc(OC)c(NC(=O)C(F)(F)F)c(-c2ccc(OCc3ccccc3)cc2)c1O. The minimum Gasteiger partial charge on any atom is -0.507 e. The van der Waals surface area contributed by atoms with Gasteiger partial charge in [0.1, 0.15) is 23.9 Å². The van der Waals surface area contributed by atoms with Crippen molar-refractivity contribution in [3.63, 3.8) is 0 Å². The van der Waals surface area contributed by atoms with E-state index in [1.807, 2.05) is 35.6 Å². The fourth-order valence-corrected chi connectivity index (χ4v) is 5.27. The molecule has 0 aromatic heterocycles. The number of carbonyl (C=O) groups excluding carboxylic acids is 3. The molecule has 0 saturated carbocycles. The molecule has 3 amide bonds. The highest BCUT2D eigenvalue weighted by molar-refractivity contribution is 6.21. The predicted octanol–water partition coefficient (Wildman–Crippen LogP) is 7.10. The van der Waals surface area contributed by atoms with Crippen molar-refractivity contribution >= 4 is 23.4 Å². The molecule has 0 radical (unpaired) electrons. The Bertz CT molecular complexity index is 1750. The Hall–Kier alpha value is -5.58.